The van der Waals surface area contributed by atoms with Crippen LogP contribution in [0.25, 0.3) is 10.9 Å². The summed E-state index contributed by atoms with van der Waals surface area (Å²) in [6.07, 6.45) is 1.66. The molecule has 0 saturated carbocycles. The Morgan fingerprint density at radius 2 is 1.82 bits per heavy atom. The Balaban J connectivity index is 1.95. The Morgan fingerprint density at radius 1 is 1.05 bits per heavy atom. The zero-order chi connectivity index (χ0) is 15.6. The summed E-state index contributed by atoms with van der Waals surface area (Å²) in [4.78, 5) is 4.29. The molecule has 0 aliphatic heterocycles. The summed E-state index contributed by atoms with van der Waals surface area (Å²) in [5.41, 5.74) is 2.91. The number of aryl methyl sites for hydroxylation is 1. The average Bonchev–Trinajstić information content (AvgIpc) is 2.47. The summed E-state index contributed by atoms with van der Waals surface area (Å²) in [6, 6.07) is 16.7. The summed E-state index contributed by atoms with van der Waals surface area (Å²) in [5, 5.41) is 0.917. The van der Waals surface area contributed by atoms with E-state index in [1.54, 1.807) is 24.4 Å². The van der Waals surface area contributed by atoms with E-state index in [9.17, 15) is 8.42 Å². The first-order chi connectivity index (χ1) is 10.5. The highest BCUT2D eigenvalue weighted by atomic mass is 32.2. The van der Waals surface area contributed by atoms with E-state index < -0.39 is 10.0 Å². The molecular weight excluding hydrogens is 296 g/mol. The first-order valence-electron chi connectivity index (χ1n) is 6.93. The van der Waals surface area contributed by atoms with E-state index >= 15 is 0 Å². The lowest BCUT2D eigenvalue weighted by Crippen LogP contribution is -2.15. The zero-order valence-corrected chi connectivity index (χ0v) is 13.0. The second-order valence-electron chi connectivity index (χ2n) is 5.23. The molecule has 0 radical (unpaired) electrons. The predicted molar refractivity (Wildman–Crippen MR) is 89.2 cm³/mol. The summed E-state index contributed by atoms with van der Waals surface area (Å²) >= 11 is 0. The van der Waals surface area contributed by atoms with Gasteiger partial charge in [0.15, 0.2) is 0 Å². The second kappa shape index (κ2) is 5.77. The number of nitrogens with one attached hydrogen (secondary N) is 1. The topological polar surface area (TPSA) is 59.1 Å². The van der Waals surface area contributed by atoms with Gasteiger partial charge in [0.1, 0.15) is 0 Å². The minimum atomic E-state index is -3.49. The summed E-state index contributed by atoms with van der Waals surface area (Å²) in [5.74, 6) is -0.0594. The van der Waals surface area contributed by atoms with Crippen molar-refractivity contribution in [2.24, 2.45) is 0 Å². The SMILES string of the molecule is Cc1cc(NS(=O)(=O)Cc2ccccc2)c2ncccc2c1. The molecule has 4 nitrogen and oxygen atoms in total. The Labute approximate surface area is 129 Å². The minimum Gasteiger partial charge on any atom is -0.281 e. The minimum absolute atomic E-state index is 0.0594. The Morgan fingerprint density at radius 3 is 2.59 bits per heavy atom. The Bertz CT molecular complexity index is 906. The van der Waals surface area contributed by atoms with Crippen molar-refractivity contribution in [2.45, 2.75) is 12.7 Å². The molecule has 0 aliphatic rings. The molecule has 1 aromatic heterocycles. The van der Waals surface area contributed by atoms with Crippen LogP contribution in [0, 0.1) is 6.92 Å². The number of anilines is 1. The molecule has 112 valence electrons. The Kier molecular flexibility index (Phi) is 3.81. The van der Waals surface area contributed by atoms with Crippen LogP contribution in [0.4, 0.5) is 5.69 Å². The van der Waals surface area contributed by atoms with Gasteiger partial charge < -0.3 is 0 Å². The lowest BCUT2D eigenvalue weighted by Gasteiger charge is -2.11. The molecule has 0 unspecified atom stereocenters. The molecule has 0 aliphatic carbocycles. The fourth-order valence-corrected chi connectivity index (χ4v) is 3.61. The van der Waals surface area contributed by atoms with Gasteiger partial charge in [0.2, 0.25) is 10.0 Å². The molecule has 0 saturated heterocycles. The molecule has 0 spiro atoms. The monoisotopic (exact) mass is 312 g/mol. The van der Waals surface area contributed by atoms with E-state index in [0.717, 1.165) is 16.5 Å². The predicted octanol–water partition coefficient (Wildman–Crippen LogP) is 3.49. The highest BCUT2D eigenvalue weighted by Crippen LogP contribution is 2.24. The first-order valence-corrected chi connectivity index (χ1v) is 8.58. The van der Waals surface area contributed by atoms with Crippen molar-refractivity contribution in [3.8, 4) is 0 Å². The highest BCUT2D eigenvalue weighted by Gasteiger charge is 2.14. The number of aromatic nitrogens is 1. The maximum absolute atomic E-state index is 12.4. The van der Waals surface area contributed by atoms with Crippen LogP contribution in [0.2, 0.25) is 0 Å². The molecule has 0 atom stereocenters. The molecule has 22 heavy (non-hydrogen) atoms. The van der Waals surface area contributed by atoms with Gasteiger partial charge in [-0.3, -0.25) is 9.71 Å². The zero-order valence-electron chi connectivity index (χ0n) is 12.2. The summed E-state index contributed by atoms with van der Waals surface area (Å²) in [7, 11) is -3.49. The molecule has 0 bridgehead atoms. The normalized spacial score (nSPS) is 11.5. The third-order valence-electron chi connectivity index (χ3n) is 3.31. The molecule has 0 fully saturated rings. The van der Waals surface area contributed by atoms with Crippen molar-refractivity contribution >= 4 is 26.6 Å². The number of hydrogen-bond acceptors (Lipinski definition) is 3. The summed E-state index contributed by atoms with van der Waals surface area (Å²) < 4.78 is 27.4. The number of sulfonamides is 1. The van der Waals surface area contributed by atoms with Gasteiger partial charge in [0.25, 0.3) is 0 Å². The highest BCUT2D eigenvalue weighted by molar-refractivity contribution is 7.91. The van der Waals surface area contributed by atoms with Crippen LogP contribution in [0.5, 0.6) is 0 Å². The van der Waals surface area contributed by atoms with Crippen molar-refractivity contribution in [3.63, 3.8) is 0 Å². The molecule has 2 aromatic carbocycles. The molecule has 1 N–H and O–H groups in total. The van der Waals surface area contributed by atoms with E-state index in [2.05, 4.69) is 9.71 Å². The Hall–Kier alpha value is -2.40. The fourth-order valence-electron chi connectivity index (χ4n) is 2.42. The van der Waals surface area contributed by atoms with E-state index in [0.29, 0.717) is 11.2 Å². The lowest BCUT2D eigenvalue weighted by molar-refractivity contribution is 0.600. The van der Waals surface area contributed by atoms with Gasteiger partial charge in [-0.15, -0.1) is 0 Å². The molecule has 5 heteroatoms. The van der Waals surface area contributed by atoms with E-state index in [1.165, 1.54) is 0 Å². The number of rotatable bonds is 4. The average molecular weight is 312 g/mol. The molecule has 3 aromatic rings. The quantitative estimate of drug-likeness (QED) is 0.802. The standard InChI is InChI=1S/C17H16N2O2S/c1-13-10-15-8-5-9-18-17(15)16(11-13)19-22(20,21)12-14-6-3-2-4-7-14/h2-11,19H,12H2,1H3. The van der Waals surface area contributed by atoms with Crippen LogP contribution in [0.15, 0.2) is 60.8 Å². The molecule has 3 rings (SSSR count). The van der Waals surface area contributed by atoms with Crippen LogP contribution >= 0.6 is 0 Å². The van der Waals surface area contributed by atoms with Crippen molar-refractivity contribution in [2.75, 3.05) is 4.72 Å². The maximum atomic E-state index is 12.4. The van der Waals surface area contributed by atoms with Gasteiger partial charge in [-0.25, -0.2) is 8.42 Å². The van der Waals surface area contributed by atoms with Gasteiger partial charge in [-0.1, -0.05) is 36.4 Å². The van der Waals surface area contributed by atoms with Crippen molar-refractivity contribution in [1.29, 1.82) is 0 Å². The van der Waals surface area contributed by atoms with Gasteiger partial charge in [-0.2, -0.15) is 0 Å². The van der Waals surface area contributed by atoms with Crippen molar-refractivity contribution in [1.82, 2.24) is 4.98 Å². The molecule has 1 heterocycles. The van der Waals surface area contributed by atoms with Crippen LogP contribution in [-0.2, 0) is 15.8 Å². The van der Waals surface area contributed by atoms with Gasteiger partial charge in [-0.05, 0) is 36.2 Å². The number of hydrogen-bond donors (Lipinski definition) is 1. The lowest BCUT2D eigenvalue weighted by atomic mass is 10.1. The van der Waals surface area contributed by atoms with E-state index in [1.807, 2.05) is 43.3 Å². The second-order valence-corrected chi connectivity index (χ2v) is 6.96. The van der Waals surface area contributed by atoms with Gasteiger partial charge in [0.05, 0.1) is 17.0 Å². The van der Waals surface area contributed by atoms with Crippen LogP contribution < -0.4 is 4.72 Å². The van der Waals surface area contributed by atoms with Crippen molar-refractivity contribution in [3.05, 3.63) is 71.9 Å². The van der Waals surface area contributed by atoms with Gasteiger partial charge in [0, 0.05) is 11.6 Å². The largest absolute Gasteiger partial charge is 0.281 e. The first kappa shape index (κ1) is 14.5. The van der Waals surface area contributed by atoms with E-state index in [-0.39, 0.29) is 5.75 Å². The number of nitrogens with zero attached hydrogens (tertiary/aromatic N) is 1. The van der Waals surface area contributed by atoms with Crippen LogP contribution in [0.1, 0.15) is 11.1 Å². The molecule has 0 amide bonds. The van der Waals surface area contributed by atoms with Crippen LogP contribution in [-0.4, -0.2) is 13.4 Å². The summed E-state index contributed by atoms with van der Waals surface area (Å²) in [6.45, 7) is 1.93. The maximum Gasteiger partial charge on any atom is 0.236 e. The third-order valence-corrected chi connectivity index (χ3v) is 4.56. The van der Waals surface area contributed by atoms with Crippen LogP contribution in [0.3, 0.4) is 0 Å². The van der Waals surface area contributed by atoms with Gasteiger partial charge >= 0.3 is 0 Å². The number of pyridine rings is 1. The fraction of sp³-hybridized carbons (Fsp3) is 0.118. The van der Waals surface area contributed by atoms with E-state index in [4.69, 9.17) is 0 Å². The third kappa shape index (κ3) is 3.26. The number of fused-ring (bicyclic) bond motifs is 1. The number of benzene rings is 2. The molecular formula is C17H16N2O2S. The van der Waals surface area contributed by atoms with Crippen molar-refractivity contribution < 1.29 is 8.42 Å². The smallest absolute Gasteiger partial charge is 0.236 e.